The minimum Gasteiger partial charge on any atom is -0.385 e. The van der Waals surface area contributed by atoms with E-state index in [1.165, 1.54) is 5.56 Å². The highest BCUT2D eigenvalue weighted by Crippen LogP contribution is 2.32. The molecule has 1 aromatic heterocycles. The quantitative estimate of drug-likeness (QED) is 0.474. The van der Waals surface area contributed by atoms with Crippen molar-refractivity contribution in [2.75, 3.05) is 17.2 Å². The van der Waals surface area contributed by atoms with Crippen LogP contribution in [0.1, 0.15) is 49.2 Å². The molecular weight excluding hydrogens is 394 g/mol. The molecule has 0 spiro atoms. The van der Waals surface area contributed by atoms with Crippen LogP contribution in [0, 0.1) is 0 Å². The fraction of sp³-hybridized carbons (Fsp3) is 0.250. The fourth-order valence-electron chi connectivity index (χ4n) is 3.61. The van der Waals surface area contributed by atoms with Gasteiger partial charge in [0, 0.05) is 29.0 Å². The van der Waals surface area contributed by atoms with E-state index in [0.29, 0.717) is 5.02 Å². The number of hydrogen-bond acceptors (Lipinski definition) is 5. The van der Waals surface area contributed by atoms with Gasteiger partial charge >= 0.3 is 0 Å². The summed E-state index contributed by atoms with van der Waals surface area (Å²) in [6.07, 6.45) is 2.56. The molecule has 154 valence electrons. The lowest BCUT2D eigenvalue weighted by Gasteiger charge is -2.28. The summed E-state index contributed by atoms with van der Waals surface area (Å²) in [5, 5.41) is 11.2. The number of rotatable bonds is 6. The lowest BCUT2D eigenvalue weighted by Crippen LogP contribution is -2.33. The van der Waals surface area contributed by atoms with E-state index in [1.54, 1.807) is 6.20 Å². The number of anilines is 2. The van der Waals surface area contributed by atoms with E-state index in [-0.39, 0.29) is 12.2 Å². The number of nitrogens with zero attached hydrogens (tertiary/aromatic N) is 2. The van der Waals surface area contributed by atoms with E-state index in [9.17, 15) is 0 Å². The number of nitrogens with one attached hydrogen (secondary N) is 3. The second kappa shape index (κ2) is 9.18. The van der Waals surface area contributed by atoms with Gasteiger partial charge in [-0.3, -0.25) is 0 Å². The molecule has 2 heterocycles. The number of para-hydroxylation sites is 1. The van der Waals surface area contributed by atoms with Gasteiger partial charge in [0.05, 0.1) is 11.6 Å². The van der Waals surface area contributed by atoms with E-state index in [0.717, 1.165) is 41.4 Å². The molecule has 0 radical (unpaired) electrons. The van der Waals surface area contributed by atoms with Gasteiger partial charge in [-0.25, -0.2) is 9.98 Å². The summed E-state index contributed by atoms with van der Waals surface area (Å²) in [4.78, 5) is 9.49. The molecule has 0 amide bonds. The first kappa shape index (κ1) is 20.2. The molecule has 0 saturated carbocycles. The van der Waals surface area contributed by atoms with Gasteiger partial charge < -0.3 is 16.0 Å². The van der Waals surface area contributed by atoms with Crippen molar-refractivity contribution in [1.82, 2.24) is 10.3 Å². The SMILES string of the molecule is CCCNc1ccccc1C(C)NC1=NC(c2ccccc2Cl)Nc2ncccc21. The second-order valence-electron chi connectivity index (χ2n) is 7.33. The Hall–Kier alpha value is -3.05. The molecule has 1 aliphatic heterocycles. The number of halogens is 1. The maximum Gasteiger partial charge on any atom is 0.149 e. The molecule has 30 heavy (non-hydrogen) atoms. The highest BCUT2D eigenvalue weighted by atomic mass is 35.5. The van der Waals surface area contributed by atoms with Crippen LogP contribution in [0.2, 0.25) is 5.02 Å². The predicted octanol–water partition coefficient (Wildman–Crippen LogP) is 5.78. The van der Waals surface area contributed by atoms with Crippen molar-refractivity contribution in [2.24, 2.45) is 4.99 Å². The number of aliphatic imine (C=N–C) groups is 1. The first-order chi connectivity index (χ1) is 14.7. The summed E-state index contributed by atoms with van der Waals surface area (Å²) in [7, 11) is 0. The molecule has 0 aliphatic carbocycles. The van der Waals surface area contributed by atoms with Crippen LogP contribution in [0.25, 0.3) is 0 Å². The zero-order valence-electron chi connectivity index (χ0n) is 17.2. The van der Waals surface area contributed by atoms with Gasteiger partial charge in [-0.1, -0.05) is 54.9 Å². The molecule has 2 aromatic carbocycles. The largest absolute Gasteiger partial charge is 0.385 e. The van der Waals surface area contributed by atoms with Crippen LogP contribution in [-0.4, -0.2) is 17.4 Å². The molecule has 0 fully saturated rings. The number of benzene rings is 2. The Balaban J connectivity index is 1.67. The summed E-state index contributed by atoms with van der Waals surface area (Å²) in [5.41, 5.74) is 4.22. The topological polar surface area (TPSA) is 61.3 Å². The summed E-state index contributed by atoms with van der Waals surface area (Å²) < 4.78 is 0. The molecule has 2 unspecified atom stereocenters. The lowest BCUT2D eigenvalue weighted by molar-refractivity contribution is 0.699. The van der Waals surface area contributed by atoms with Gasteiger partial charge in [-0.2, -0.15) is 0 Å². The molecule has 0 saturated heterocycles. The van der Waals surface area contributed by atoms with Crippen LogP contribution in [-0.2, 0) is 0 Å². The van der Waals surface area contributed by atoms with Crippen LogP contribution in [0.4, 0.5) is 11.5 Å². The molecule has 4 rings (SSSR count). The molecular formula is C24H26ClN5. The fourth-order valence-corrected chi connectivity index (χ4v) is 3.85. The molecule has 1 aliphatic rings. The van der Waals surface area contributed by atoms with Crippen LogP contribution in [0.5, 0.6) is 0 Å². The van der Waals surface area contributed by atoms with E-state index >= 15 is 0 Å². The summed E-state index contributed by atoms with van der Waals surface area (Å²) >= 11 is 6.44. The summed E-state index contributed by atoms with van der Waals surface area (Å²) in [6.45, 7) is 5.26. The van der Waals surface area contributed by atoms with Crippen LogP contribution >= 0.6 is 11.6 Å². The van der Waals surface area contributed by atoms with Crippen molar-refractivity contribution in [3.63, 3.8) is 0 Å². The average Bonchev–Trinajstić information content (AvgIpc) is 2.78. The smallest absolute Gasteiger partial charge is 0.149 e. The molecule has 3 N–H and O–H groups in total. The van der Waals surface area contributed by atoms with Crippen molar-refractivity contribution < 1.29 is 0 Å². The summed E-state index contributed by atoms with van der Waals surface area (Å²) in [6, 6.07) is 20.2. The Morgan fingerprint density at radius 1 is 1.07 bits per heavy atom. The van der Waals surface area contributed by atoms with E-state index in [1.807, 2.05) is 36.4 Å². The Bertz CT molecular complexity index is 1050. The molecule has 0 bridgehead atoms. The first-order valence-corrected chi connectivity index (χ1v) is 10.7. The third-order valence-electron chi connectivity index (χ3n) is 5.14. The number of pyridine rings is 1. The van der Waals surface area contributed by atoms with Gasteiger partial charge in [-0.15, -0.1) is 0 Å². The van der Waals surface area contributed by atoms with E-state index in [2.05, 4.69) is 59.0 Å². The number of hydrogen-bond donors (Lipinski definition) is 3. The maximum absolute atomic E-state index is 6.44. The molecule has 6 heteroatoms. The minimum absolute atomic E-state index is 0.0577. The van der Waals surface area contributed by atoms with Crippen molar-refractivity contribution in [2.45, 2.75) is 32.5 Å². The van der Waals surface area contributed by atoms with E-state index in [4.69, 9.17) is 16.6 Å². The monoisotopic (exact) mass is 419 g/mol. The minimum atomic E-state index is -0.302. The molecule has 5 nitrogen and oxygen atoms in total. The average molecular weight is 420 g/mol. The third kappa shape index (κ3) is 4.26. The highest BCUT2D eigenvalue weighted by Gasteiger charge is 2.25. The zero-order chi connectivity index (χ0) is 20.9. The van der Waals surface area contributed by atoms with Gasteiger partial charge in [0.25, 0.3) is 0 Å². The number of aromatic nitrogens is 1. The van der Waals surface area contributed by atoms with Crippen molar-refractivity contribution in [1.29, 1.82) is 0 Å². The van der Waals surface area contributed by atoms with Crippen LogP contribution < -0.4 is 16.0 Å². The van der Waals surface area contributed by atoms with E-state index < -0.39 is 0 Å². The van der Waals surface area contributed by atoms with Crippen molar-refractivity contribution >= 4 is 28.9 Å². The summed E-state index contributed by atoms with van der Waals surface area (Å²) in [5.74, 6) is 1.60. The van der Waals surface area contributed by atoms with Crippen molar-refractivity contribution in [3.05, 3.63) is 88.6 Å². The Labute approximate surface area is 182 Å². The highest BCUT2D eigenvalue weighted by molar-refractivity contribution is 6.31. The van der Waals surface area contributed by atoms with Gasteiger partial charge in [0.1, 0.15) is 17.8 Å². The lowest BCUT2D eigenvalue weighted by atomic mass is 10.0. The normalized spacial score (nSPS) is 16.1. The maximum atomic E-state index is 6.44. The van der Waals surface area contributed by atoms with Gasteiger partial charge in [-0.05, 0) is 43.2 Å². The molecule has 2 atom stereocenters. The van der Waals surface area contributed by atoms with Gasteiger partial charge in [0.15, 0.2) is 0 Å². The van der Waals surface area contributed by atoms with Crippen molar-refractivity contribution in [3.8, 4) is 0 Å². The number of amidine groups is 1. The standard InChI is InChI=1S/C24H26ClN5/c1-3-14-26-21-13-7-5-9-17(21)16(2)28-24-19-11-8-15-27-22(19)29-23(30-24)18-10-4-6-12-20(18)25/h4-13,15-16,23,26H,3,14H2,1-2H3,(H,27,29)(H,28,30). The predicted molar refractivity (Wildman–Crippen MR) is 125 cm³/mol. The van der Waals surface area contributed by atoms with Crippen LogP contribution in [0.15, 0.2) is 71.9 Å². The first-order valence-electron chi connectivity index (χ1n) is 10.3. The Morgan fingerprint density at radius 2 is 1.87 bits per heavy atom. The Morgan fingerprint density at radius 3 is 2.70 bits per heavy atom. The third-order valence-corrected chi connectivity index (χ3v) is 5.48. The van der Waals surface area contributed by atoms with Crippen LogP contribution in [0.3, 0.4) is 0 Å². The van der Waals surface area contributed by atoms with Gasteiger partial charge in [0.2, 0.25) is 0 Å². The Kier molecular flexibility index (Phi) is 6.19. The zero-order valence-corrected chi connectivity index (χ0v) is 17.9. The second-order valence-corrected chi connectivity index (χ2v) is 7.73. The number of fused-ring (bicyclic) bond motifs is 1. The molecule has 3 aromatic rings.